The molecule has 1 aromatic heterocycles. The molecule has 1 N–H and O–H groups in total. The Hall–Kier alpha value is -0.940. The molecule has 0 aliphatic heterocycles. The highest BCUT2D eigenvalue weighted by Crippen LogP contribution is 2.10. The van der Waals surface area contributed by atoms with E-state index in [0.717, 1.165) is 11.5 Å². The van der Waals surface area contributed by atoms with Gasteiger partial charge < -0.3 is 9.84 Å². The minimum absolute atomic E-state index is 0.254. The molecule has 66 valence electrons. The van der Waals surface area contributed by atoms with Gasteiger partial charge >= 0.3 is 5.97 Å². The van der Waals surface area contributed by atoms with Crippen LogP contribution in [-0.4, -0.2) is 22.1 Å². The Morgan fingerprint density at radius 2 is 2.58 bits per heavy atom. The van der Waals surface area contributed by atoms with Crippen molar-refractivity contribution in [1.82, 2.24) is 4.37 Å². The van der Waals surface area contributed by atoms with Gasteiger partial charge in [0.2, 0.25) is 0 Å². The maximum absolute atomic E-state index is 10.4. The first-order valence-corrected chi connectivity index (χ1v) is 4.28. The zero-order valence-corrected chi connectivity index (χ0v) is 7.43. The molecule has 0 saturated heterocycles. The molecule has 1 heterocycles. The average Bonchev–Trinajstić information content (AvgIpc) is 2.48. The third kappa shape index (κ3) is 2.28. The van der Waals surface area contributed by atoms with Crippen LogP contribution in [0.2, 0.25) is 0 Å². The van der Waals surface area contributed by atoms with Gasteiger partial charge in [-0.05, 0) is 24.5 Å². The van der Waals surface area contributed by atoms with Gasteiger partial charge in [0.05, 0.1) is 12.3 Å². The molecule has 0 atom stereocenters. The molecule has 1 aromatic rings. The van der Waals surface area contributed by atoms with Crippen molar-refractivity contribution in [1.29, 1.82) is 0 Å². The Kier molecular flexibility index (Phi) is 3.19. The van der Waals surface area contributed by atoms with Crippen LogP contribution in [0.1, 0.15) is 22.3 Å². The van der Waals surface area contributed by atoms with Crippen LogP contribution < -0.4 is 0 Å². The van der Waals surface area contributed by atoms with Gasteiger partial charge in [0, 0.05) is 6.61 Å². The third-order valence-electron chi connectivity index (χ3n) is 1.22. The Bertz CT molecular complexity index is 271. The molecule has 0 spiro atoms. The van der Waals surface area contributed by atoms with E-state index in [2.05, 4.69) is 4.37 Å². The number of aromatic nitrogens is 1. The molecule has 0 amide bonds. The highest BCUT2D eigenvalue weighted by atomic mass is 32.1. The number of nitrogens with zero attached hydrogens (tertiary/aromatic N) is 1. The third-order valence-corrected chi connectivity index (χ3v) is 2.04. The summed E-state index contributed by atoms with van der Waals surface area (Å²) in [6.45, 7) is 2.88. The molecule has 4 nitrogen and oxygen atoms in total. The normalized spacial score (nSPS) is 10.1. The number of ether oxygens (including phenoxy) is 1. The van der Waals surface area contributed by atoms with E-state index in [1.54, 1.807) is 0 Å². The van der Waals surface area contributed by atoms with Gasteiger partial charge in [-0.25, -0.2) is 4.79 Å². The van der Waals surface area contributed by atoms with Crippen LogP contribution in [0, 0.1) is 0 Å². The number of aromatic carboxylic acids is 1. The summed E-state index contributed by atoms with van der Waals surface area (Å²) in [5.41, 5.74) is 0.680. The Morgan fingerprint density at radius 3 is 3.08 bits per heavy atom. The summed E-state index contributed by atoms with van der Waals surface area (Å²) in [7, 11) is 0. The van der Waals surface area contributed by atoms with E-state index in [1.807, 2.05) is 6.92 Å². The van der Waals surface area contributed by atoms with Crippen molar-refractivity contribution in [2.24, 2.45) is 0 Å². The monoisotopic (exact) mass is 187 g/mol. The van der Waals surface area contributed by atoms with E-state index >= 15 is 0 Å². The Labute approximate surface area is 74.0 Å². The minimum atomic E-state index is -0.935. The van der Waals surface area contributed by atoms with E-state index < -0.39 is 5.97 Å². The van der Waals surface area contributed by atoms with Gasteiger partial charge in [-0.2, -0.15) is 4.37 Å². The molecule has 1 rings (SSSR count). The molecule has 0 fully saturated rings. The fraction of sp³-hybridized carbons (Fsp3) is 0.429. The quantitative estimate of drug-likeness (QED) is 0.773. The second-order valence-corrected chi connectivity index (χ2v) is 2.93. The van der Waals surface area contributed by atoms with Crippen molar-refractivity contribution in [2.75, 3.05) is 6.61 Å². The number of rotatable bonds is 4. The molecule has 12 heavy (non-hydrogen) atoms. The number of hydrogen-bond acceptors (Lipinski definition) is 4. The lowest BCUT2D eigenvalue weighted by Crippen LogP contribution is -1.92. The van der Waals surface area contributed by atoms with E-state index in [9.17, 15) is 4.79 Å². The molecule has 0 aromatic carbocycles. The second-order valence-electron chi connectivity index (χ2n) is 2.12. The van der Waals surface area contributed by atoms with Crippen molar-refractivity contribution in [3.63, 3.8) is 0 Å². The summed E-state index contributed by atoms with van der Waals surface area (Å²) in [6, 6.07) is 1.53. The molecule has 0 unspecified atom stereocenters. The zero-order chi connectivity index (χ0) is 8.97. The van der Waals surface area contributed by atoms with Gasteiger partial charge in [-0.3, -0.25) is 0 Å². The van der Waals surface area contributed by atoms with Crippen molar-refractivity contribution >= 4 is 17.5 Å². The van der Waals surface area contributed by atoms with Crippen LogP contribution in [0.4, 0.5) is 0 Å². The molecule has 0 aliphatic rings. The summed E-state index contributed by atoms with van der Waals surface area (Å²) < 4.78 is 8.97. The van der Waals surface area contributed by atoms with E-state index in [0.29, 0.717) is 18.9 Å². The Morgan fingerprint density at radius 1 is 1.83 bits per heavy atom. The van der Waals surface area contributed by atoms with Crippen molar-refractivity contribution in [2.45, 2.75) is 13.5 Å². The second kappa shape index (κ2) is 4.18. The van der Waals surface area contributed by atoms with Crippen LogP contribution in [0.25, 0.3) is 0 Å². The lowest BCUT2D eigenvalue weighted by Gasteiger charge is -1.93. The van der Waals surface area contributed by atoms with Gasteiger partial charge in [0.25, 0.3) is 0 Å². The van der Waals surface area contributed by atoms with Crippen LogP contribution >= 0.6 is 11.5 Å². The standard InChI is InChI=1S/C7H9NO3S/c1-2-11-4-5-3-6(7(9)10)12-8-5/h3H,2,4H2,1H3,(H,9,10). The summed E-state index contributed by atoms with van der Waals surface area (Å²) >= 11 is 0.979. The summed E-state index contributed by atoms with van der Waals surface area (Å²) in [5, 5.41) is 8.55. The maximum atomic E-state index is 10.4. The molecule has 0 radical (unpaired) electrons. The lowest BCUT2D eigenvalue weighted by molar-refractivity contribution is 0.0702. The minimum Gasteiger partial charge on any atom is -0.477 e. The van der Waals surface area contributed by atoms with E-state index in [4.69, 9.17) is 9.84 Å². The first-order valence-electron chi connectivity index (χ1n) is 3.50. The van der Waals surface area contributed by atoms with E-state index in [1.165, 1.54) is 6.07 Å². The predicted molar refractivity (Wildman–Crippen MR) is 44.4 cm³/mol. The lowest BCUT2D eigenvalue weighted by atomic mass is 10.4. The van der Waals surface area contributed by atoms with Gasteiger partial charge in [-0.1, -0.05) is 0 Å². The predicted octanol–water partition coefficient (Wildman–Crippen LogP) is 1.38. The SMILES string of the molecule is CCOCc1cc(C(=O)O)sn1. The smallest absolute Gasteiger partial charge is 0.347 e. The van der Waals surface area contributed by atoms with Crippen LogP contribution in [0.3, 0.4) is 0 Å². The topological polar surface area (TPSA) is 59.4 Å². The first kappa shape index (κ1) is 9.15. The number of carboxylic acid groups (broad SMARTS) is 1. The molecule has 0 aliphatic carbocycles. The van der Waals surface area contributed by atoms with Gasteiger partial charge in [0.15, 0.2) is 0 Å². The molecular weight excluding hydrogens is 178 g/mol. The zero-order valence-electron chi connectivity index (χ0n) is 6.61. The number of hydrogen-bond donors (Lipinski definition) is 1. The summed E-state index contributed by atoms with van der Waals surface area (Å²) in [6.07, 6.45) is 0. The average molecular weight is 187 g/mol. The number of carbonyl (C=O) groups is 1. The fourth-order valence-electron chi connectivity index (χ4n) is 0.687. The van der Waals surface area contributed by atoms with Crippen molar-refractivity contribution in [3.05, 3.63) is 16.6 Å². The molecule has 0 bridgehead atoms. The highest BCUT2D eigenvalue weighted by molar-refractivity contribution is 7.08. The maximum Gasteiger partial charge on any atom is 0.347 e. The summed E-state index contributed by atoms with van der Waals surface area (Å²) in [4.78, 5) is 10.7. The fourth-order valence-corrected chi connectivity index (χ4v) is 1.28. The number of carboxylic acids is 1. The van der Waals surface area contributed by atoms with Crippen LogP contribution in [0.5, 0.6) is 0 Å². The van der Waals surface area contributed by atoms with Gasteiger partial charge in [-0.15, -0.1) is 0 Å². The summed E-state index contributed by atoms with van der Waals surface area (Å²) in [5.74, 6) is -0.935. The Balaban J connectivity index is 2.58. The molecule has 0 saturated carbocycles. The van der Waals surface area contributed by atoms with Crippen LogP contribution in [-0.2, 0) is 11.3 Å². The van der Waals surface area contributed by atoms with Gasteiger partial charge in [0.1, 0.15) is 4.88 Å². The molecule has 5 heteroatoms. The molecular formula is C7H9NO3S. The van der Waals surface area contributed by atoms with Crippen molar-refractivity contribution in [3.8, 4) is 0 Å². The van der Waals surface area contributed by atoms with Crippen LogP contribution in [0.15, 0.2) is 6.07 Å². The largest absolute Gasteiger partial charge is 0.477 e. The van der Waals surface area contributed by atoms with E-state index in [-0.39, 0.29) is 4.88 Å². The van der Waals surface area contributed by atoms with Crippen molar-refractivity contribution < 1.29 is 14.6 Å². The first-order chi connectivity index (χ1) is 5.74. The highest BCUT2D eigenvalue weighted by Gasteiger charge is 2.07.